The van der Waals surface area contributed by atoms with E-state index >= 15 is 0 Å². The van der Waals surface area contributed by atoms with E-state index < -0.39 is 30.0 Å². The molecule has 0 aliphatic rings. The number of carbonyl (C=O) groups is 2. The van der Waals surface area contributed by atoms with Gasteiger partial charge in [0.1, 0.15) is 5.60 Å². The van der Waals surface area contributed by atoms with Crippen LogP contribution in [0.5, 0.6) is 0 Å². The number of rotatable bonds is 7. The molecule has 0 aromatic heterocycles. The highest BCUT2D eigenvalue weighted by atomic mass is 19.3. The molecule has 0 spiro atoms. The zero-order valence-corrected chi connectivity index (χ0v) is 12.2. The smallest absolute Gasteiger partial charge is 0.334 e. The number of alkyl halides is 2. The van der Waals surface area contributed by atoms with E-state index in [1.807, 2.05) is 0 Å². The maximum Gasteiger partial charge on any atom is 0.334 e. The Morgan fingerprint density at radius 2 is 1.85 bits per heavy atom. The molecular formula is C13H21F2NO4. The van der Waals surface area contributed by atoms with Crippen LogP contribution < -0.4 is 5.32 Å². The fraction of sp³-hybridized carbons (Fsp3) is 0.692. The first-order chi connectivity index (χ1) is 9.08. The van der Waals surface area contributed by atoms with Crippen molar-refractivity contribution in [1.82, 2.24) is 5.32 Å². The third kappa shape index (κ3) is 7.18. The van der Waals surface area contributed by atoms with Gasteiger partial charge in [0, 0.05) is 12.1 Å². The molecule has 0 heterocycles. The first-order valence-electron chi connectivity index (χ1n) is 6.17. The molecule has 0 rings (SSSR count). The van der Waals surface area contributed by atoms with E-state index in [0.29, 0.717) is 0 Å². The van der Waals surface area contributed by atoms with Crippen molar-refractivity contribution >= 4 is 11.9 Å². The molecule has 20 heavy (non-hydrogen) atoms. The molecule has 0 saturated carbocycles. The number of hydrogen-bond acceptors (Lipinski definition) is 5. The number of ether oxygens (including phenoxy) is 2. The van der Waals surface area contributed by atoms with Crippen molar-refractivity contribution in [1.29, 1.82) is 0 Å². The fourth-order valence-electron chi connectivity index (χ4n) is 1.18. The van der Waals surface area contributed by atoms with Crippen LogP contribution in [-0.4, -0.2) is 43.2 Å². The minimum Gasteiger partial charge on any atom is -0.463 e. The highest BCUT2D eigenvalue weighted by Gasteiger charge is 2.32. The topological polar surface area (TPSA) is 64.6 Å². The molecule has 0 amide bonds. The lowest BCUT2D eigenvalue weighted by atomic mass is 10.2. The SMILES string of the molecule is C=C(CNC(C(=O)OC(C)(C)C)C(F)F)C(=O)OCC. The van der Waals surface area contributed by atoms with Crippen LogP contribution in [0.1, 0.15) is 27.7 Å². The third-order valence-corrected chi connectivity index (χ3v) is 2.01. The zero-order valence-electron chi connectivity index (χ0n) is 12.2. The van der Waals surface area contributed by atoms with Crippen LogP contribution in [-0.2, 0) is 19.1 Å². The van der Waals surface area contributed by atoms with E-state index in [9.17, 15) is 18.4 Å². The van der Waals surface area contributed by atoms with Gasteiger partial charge >= 0.3 is 11.9 Å². The van der Waals surface area contributed by atoms with Crippen LogP contribution in [0.4, 0.5) is 8.78 Å². The molecule has 5 nitrogen and oxygen atoms in total. The summed E-state index contributed by atoms with van der Waals surface area (Å²) in [6.07, 6.45) is -2.96. The summed E-state index contributed by atoms with van der Waals surface area (Å²) in [5.74, 6) is -1.78. The normalized spacial score (nSPS) is 12.9. The predicted octanol–water partition coefficient (Wildman–Crippen LogP) is 1.67. The van der Waals surface area contributed by atoms with Crippen LogP contribution >= 0.6 is 0 Å². The van der Waals surface area contributed by atoms with Gasteiger partial charge in [0.05, 0.1) is 6.61 Å². The lowest BCUT2D eigenvalue weighted by molar-refractivity contribution is -0.161. The Morgan fingerprint density at radius 1 is 1.30 bits per heavy atom. The van der Waals surface area contributed by atoms with Gasteiger partial charge in [0.15, 0.2) is 6.04 Å². The van der Waals surface area contributed by atoms with E-state index in [0.717, 1.165) is 0 Å². The summed E-state index contributed by atoms with van der Waals surface area (Å²) in [7, 11) is 0. The number of esters is 2. The van der Waals surface area contributed by atoms with Crippen LogP contribution in [0.2, 0.25) is 0 Å². The Hall–Kier alpha value is -1.50. The van der Waals surface area contributed by atoms with E-state index in [4.69, 9.17) is 4.74 Å². The molecule has 1 N–H and O–H groups in total. The first kappa shape index (κ1) is 18.5. The molecular weight excluding hydrogens is 272 g/mol. The van der Waals surface area contributed by atoms with Gasteiger partial charge in [-0.15, -0.1) is 0 Å². The van der Waals surface area contributed by atoms with Crippen LogP contribution in [0.15, 0.2) is 12.2 Å². The fourth-order valence-corrected chi connectivity index (χ4v) is 1.18. The standard InChI is InChI=1S/C13H21F2NO4/c1-6-19-11(17)8(2)7-16-9(10(14)15)12(18)20-13(3,4)5/h9-10,16H,2,6-7H2,1,3-5H3. The average molecular weight is 293 g/mol. The lowest BCUT2D eigenvalue weighted by Crippen LogP contribution is -2.47. The Balaban J connectivity index is 4.53. The van der Waals surface area contributed by atoms with Crippen molar-refractivity contribution in [2.45, 2.75) is 45.8 Å². The second-order valence-electron chi connectivity index (χ2n) is 5.05. The van der Waals surface area contributed by atoms with Crippen LogP contribution in [0.25, 0.3) is 0 Å². The van der Waals surface area contributed by atoms with Crippen molar-refractivity contribution in [3.05, 3.63) is 12.2 Å². The molecule has 0 aromatic rings. The predicted molar refractivity (Wildman–Crippen MR) is 69.4 cm³/mol. The molecule has 0 fully saturated rings. The summed E-state index contributed by atoms with van der Waals surface area (Å²) >= 11 is 0. The Kier molecular flexibility index (Phi) is 7.34. The number of hydrogen-bond donors (Lipinski definition) is 1. The molecule has 1 atom stereocenters. The second kappa shape index (κ2) is 7.94. The third-order valence-electron chi connectivity index (χ3n) is 2.01. The maximum absolute atomic E-state index is 12.8. The molecule has 116 valence electrons. The van der Waals surface area contributed by atoms with E-state index in [-0.39, 0.29) is 18.7 Å². The van der Waals surface area contributed by atoms with Crippen molar-refractivity contribution in [2.75, 3.05) is 13.2 Å². The summed E-state index contributed by atoms with van der Waals surface area (Å²) in [5, 5.41) is 2.26. The summed E-state index contributed by atoms with van der Waals surface area (Å²) in [6.45, 7) is 9.61. The molecule has 0 aliphatic heterocycles. The summed E-state index contributed by atoms with van der Waals surface area (Å²) in [5.41, 5.74) is -0.912. The van der Waals surface area contributed by atoms with Gasteiger partial charge in [-0.05, 0) is 27.7 Å². The number of carbonyl (C=O) groups excluding carboxylic acids is 2. The first-order valence-corrected chi connectivity index (χ1v) is 6.17. The Bertz CT molecular complexity index is 364. The molecule has 0 saturated heterocycles. The van der Waals surface area contributed by atoms with Gasteiger partial charge < -0.3 is 9.47 Å². The van der Waals surface area contributed by atoms with Gasteiger partial charge in [0.2, 0.25) is 0 Å². The molecule has 0 bridgehead atoms. The number of nitrogens with one attached hydrogen (secondary N) is 1. The monoisotopic (exact) mass is 293 g/mol. The number of halogens is 2. The molecule has 0 aliphatic carbocycles. The van der Waals surface area contributed by atoms with Crippen molar-refractivity contribution < 1.29 is 27.8 Å². The Morgan fingerprint density at radius 3 is 2.25 bits per heavy atom. The van der Waals surface area contributed by atoms with Crippen LogP contribution in [0, 0.1) is 0 Å². The summed E-state index contributed by atoms with van der Waals surface area (Å²) in [4.78, 5) is 22.9. The zero-order chi connectivity index (χ0) is 15.9. The van der Waals surface area contributed by atoms with Crippen molar-refractivity contribution in [2.24, 2.45) is 0 Å². The summed E-state index contributed by atoms with van der Waals surface area (Å²) in [6, 6.07) is -1.82. The minimum absolute atomic E-state index is 0.0407. The van der Waals surface area contributed by atoms with Crippen LogP contribution in [0.3, 0.4) is 0 Å². The molecule has 0 aromatic carbocycles. The van der Waals surface area contributed by atoms with Gasteiger partial charge in [0.25, 0.3) is 6.43 Å². The Labute approximate surface area is 117 Å². The highest BCUT2D eigenvalue weighted by Crippen LogP contribution is 2.12. The second-order valence-corrected chi connectivity index (χ2v) is 5.05. The van der Waals surface area contributed by atoms with Gasteiger partial charge in [-0.2, -0.15) is 0 Å². The van der Waals surface area contributed by atoms with E-state index in [1.165, 1.54) is 0 Å². The molecule has 7 heteroatoms. The van der Waals surface area contributed by atoms with E-state index in [2.05, 4.69) is 16.6 Å². The average Bonchev–Trinajstić information content (AvgIpc) is 2.26. The van der Waals surface area contributed by atoms with Gasteiger partial charge in [-0.1, -0.05) is 6.58 Å². The molecule has 0 radical (unpaired) electrons. The lowest BCUT2D eigenvalue weighted by Gasteiger charge is -2.24. The van der Waals surface area contributed by atoms with E-state index in [1.54, 1.807) is 27.7 Å². The van der Waals surface area contributed by atoms with Gasteiger partial charge in [-0.25, -0.2) is 13.6 Å². The molecule has 1 unspecified atom stereocenters. The maximum atomic E-state index is 12.8. The summed E-state index contributed by atoms with van der Waals surface area (Å²) < 4.78 is 35.2. The highest BCUT2D eigenvalue weighted by molar-refractivity contribution is 5.88. The largest absolute Gasteiger partial charge is 0.463 e. The minimum atomic E-state index is -2.96. The van der Waals surface area contributed by atoms with Gasteiger partial charge in [-0.3, -0.25) is 10.1 Å². The van der Waals surface area contributed by atoms with Crippen molar-refractivity contribution in [3.8, 4) is 0 Å². The van der Waals surface area contributed by atoms with Crippen molar-refractivity contribution in [3.63, 3.8) is 0 Å². The quantitative estimate of drug-likeness (QED) is 0.571.